The van der Waals surface area contributed by atoms with E-state index in [1.54, 1.807) is 4.90 Å². The number of carbonyl (C=O) groups excluding carboxylic acids is 1. The molecule has 1 unspecified atom stereocenters. The first kappa shape index (κ1) is 15.6. The maximum Gasteiger partial charge on any atom is 0.339 e. The highest BCUT2D eigenvalue weighted by Crippen LogP contribution is 2.23. The zero-order valence-corrected chi connectivity index (χ0v) is 12.6. The average Bonchev–Trinajstić information content (AvgIpc) is 2.46. The summed E-state index contributed by atoms with van der Waals surface area (Å²) in [5.41, 5.74) is -0.0398. The van der Waals surface area contributed by atoms with E-state index in [9.17, 15) is 9.59 Å². The summed E-state index contributed by atoms with van der Waals surface area (Å²) in [4.78, 5) is 25.1. The van der Waals surface area contributed by atoms with Crippen LogP contribution in [0.3, 0.4) is 0 Å². The van der Waals surface area contributed by atoms with E-state index in [0.29, 0.717) is 5.02 Å². The number of piperidine rings is 1. The smallest absolute Gasteiger partial charge is 0.339 e. The largest absolute Gasteiger partial charge is 0.483 e. The lowest BCUT2D eigenvalue weighted by atomic mass is 10.0. The second-order valence-electron chi connectivity index (χ2n) is 5.17. The van der Waals surface area contributed by atoms with Crippen molar-refractivity contribution >= 4 is 23.5 Å². The number of ether oxygens (including phenoxy) is 1. The summed E-state index contributed by atoms with van der Waals surface area (Å²) in [6.07, 6.45) is 3.12. The number of rotatable bonds is 4. The Morgan fingerprint density at radius 3 is 2.86 bits per heavy atom. The van der Waals surface area contributed by atoms with Crippen LogP contribution in [0.15, 0.2) is 18.2 Å². The van der Waals surface area contributed by atoms with E-state index in [1.165, 1.54) is 18.2 Å². The van der Waals surface area contributed by atoms with Crippen LogP contribution in [0.2, 0.25) is 5.02 Å². The molecule has 0 saturated carbocycles. The number of hydrogen-bond donors (Lipinski definition) is 1. The third kappa shape index (κ3) is 3.88. The lowest BCUT2D eigenvalue weighted by Crippen LogP contribution is -2.44. The number of amides is 1. The number of likely N-dealkylation sites (tertiary alicyclic amines) is 1. The minimum atomic E-state index is -1.13. The second-order valence-corrected chi connectivity index (χ2v) is 5.60. The molecule has 1 saturated heterocycles. The summed E-state index contributed by atoms with van der Waals surface area (Å²) < 4.78 is 5.39. The van der Waals surface area contributed by atoms with Crippen LogP contribution in [0, 0.1) is 0 Å². The summed E-state index contributed by atoms with van der Waals surface area (Å²) in [6, 6.07) is 4.53. The fraction of sp³-hybridized carbons (Fsp3) is 0.467. The highest BCUT2D eigenvalue weighted by atomic mass is 35.5. The number of nitrogens with zero attached hydrogens (tertiary/aromatic N) is 1. The van der Waals surface area contributed by atoms with Crippen LogP contribution in [0.25, 0.3) is 0 Å². The summed E-state index contributed by atoms with van der Waals surface area (Å²) in [5, 5.41) is 9.43. The Hall–Kier alpha value is -1.75. The van der Waals surface area contributed by atoms with Crippen LogP contribution in [0.1, 0.15) is 36.5 Å². The Labute approximate surface area is 128 Å². The van der Waals surface area contributed by atoms with E-state index in [4.69, 9.17) is 21.4 Å². The zero-order valence-electron chi connectivity index (χ0n) is 11.8. The maximum atomic E-state index is 12.2. The summed E-state index contributed by atoms with van der Waals surface area (Å²) >= 11 is 5.77. The van der Waals surface area contributed by atoms with Gasteiger partial charge in [0.1, 0.15) is 11.3 Å². The standard InChI is InChI=1S/C15H18ClNO4/c1-10-4-2-3-7-17(10)14(18)9-21-13-6-5-11(16)8-12(13)15(19)20/h5-6,8,10H,2-4,7,9H2,1H3,(H,19,20). The normalized spacial score (nSPS) is 18.4. The number of carbonyl (C=O) groups is 2. The molecule has 1 heterocycles. The van der Waals surface area contributed by atoms with Gasteiger partial charge in [-0.15, -0.1) is 0 Å². The highest BCUT2D eigenvalue weighted by Gasteiger charge is 2.24. The van der Waals surface area contributed by atoms with Crippen LogP contribution >= 0.6 is 11.6 Å². The molecule has 1 fully saturated rings. The first-order valence-electron chi connectivity index (χ1n) is 6.94. The average molecular weight is 312 g/mol. The molecular formula is C15H18ClNO4. The monoisotopic (exact) mass is 311 g/mol. The molecule has 6 heteroatoms. The van der Waals surface area contributed by atoms with Gasteiger partial charge < -0.3 is 14.7 Å². The van der Waals surface area contributed by atoms with Crippen LogP contribution < -0.4 is 4.74 Å². The first-order chi connectivity index (χ1) is 9.99. The Morgan fingerprint density at radius 2 is 2.19 bits per heavy atom. The van der Waals surface area contributed by atoms with E-state index in [2.05, 4.69) is 0 Å². The number of benzene rings is 1. The van der Waals surface area contributed by atoms with E-state index >= 15 is 0 Å². The Bertz CT molecular complexity index is 546. The molecule has 0 bridgehead atoms. The molecule has 1 N–H and O–H groups in total. The summed E-state index contributed by atoms with van der Waals surface area (Å²) in [6.45, 7) is 2.59. The Kier molecular flexibility index (Phi) is 5.07. The van der Waals surface area contributed by atoms with Gasteiger partial charge in [0, 0.05) is 17.6 Å². The van der Waals surface area contributed by atoms with Crippen molar-refractivity contribution in [2.75, 3.05) is 13.2 Å². The lowest BCUT2D eigenvalue weighted by Gasteiger charge is -2.33. The van der Waals surface area contributed by atoms with Crippen LogP contribution in [-0.2, 0) is 4.79 Å². The molecule has 0 radical (unpaired) electrons. The molecule has 114 valence electrons. The molecule has 2 rings (SSSR count). The molecule has 21 heavy (non-hydrogen) atoms. The third-order valence-electron chi connectivity index (χ3n) is 3.65. The number of aromatic carboxylic acids is 1. The third-order valence-corrected chi connectivity index (χ3v) is 3.88. The van der Waals surface area contributed by atoms with Crippen molar-refractivity contribution < 1.29 is 19.4 Å². The van der Waals surface area contributed by atoms with Gasteiger partial charge in [0.25, 0.3) is 5.91 Å². The van der Waals surface area contributed by atoms with Crippen molar-refractivity contribution in [3.05, 3.63) is 28.8 Å². The van der Waals surface area contributed by atoms with Crippen molar-refractivity contribution in [1.29, 1.82) is 0 Å². The Balaban J connectivity index is 2.02. The quantitative estimate of drug-likeness (QED) is 0.928. The van der Waals surface area contributed by atoms with Crippen LogP contribution in [-0.4, -0.2) is 41.1 Å². The topological polar surface area (TPSA) is 66.8 Å². The van der Waals surface area contributed by atoms with E-state index in [-0.39, 0.29) is 29.9 Å². The summed E-state index contributed by atoms with van der Waals surface area (Å²) in [7, 11) is 0. The fourth-order valence-electron chi connectivity index (χ4n) is 2.49. The van der Waals surface area contributed by atoms with Crippen molar-refractivity contribution in [2.45, 2.75) is 32.2 Å². The van der Waals surface area contributed by atoms with Gasteiger partial charge in [0.05, 0.1) is 0 Å². The van der Waals surface area contributed by atoms with Crippen LogP contribution in [0.4, 0.5) is 0 Å². The number of halogens is 1. The van der Waals surface area contributed by atoms with E-state index in [1.807, 2.05) is 6.92 Å². The van der Waals surface area contributed by atoms with Crippen molar-refractivity contribution in [3.8, 4) is 5.75 Å². The SMILES string of the molecule is CC1CCCCN1C(=O)COc1ccc(Cl)cc1C(=O)O. The minimum Gasteiger partial charge on any atom is -0.483 e. The predicted octanol–water partition coefficient (Wildman–Crippen LogP) is 2.82. The van der Waals surface area contributed by atoms with E-state index in [0.717, 1.165) is 25.8 Å². The second kappa shape index (κ2) is 6.80. The van der Waals surface area contributed by atoms with Gasteiger partial charge in [0.15, 0.2) is 6.61 Å². The minimum absolute atomic E-state index is 0.0398. The van der Waals surface area contributed by atoms with Gasteiger partial charge in [-0.2, -0.15) is 0 Å². The molecule has 1 aromatic rings. The Morgan fingerprint density at radius 1 is 1.43 bits per heavy atom. The fourth-order valence-corrected chi connectivity index (χ4v) is 2.66. The predicted molar refractivity (Wildman–Crippen MR) is 78.9 cm³/mol. The molecular weight excluding hydrogens is 294 g/mol. The highest BCUT2D eigenvalue weighted by molar-refractivity contribution is 6.31. The maximum absolute atomic E-state index is 12.2. The summed E-state index contributed by atoms with van der Waals surface area (Å²) in [5.74, 6) is -1.09. The molecule has 0 aromatic heterocycles. The van der Waals surface area contributed by atoms with E-state index < -0.39 is 5.97 Å². The lowest BCUT2D eigenvalue weighted by molar-refractivity contribution is -0.136. The van der Waals surface area contributed by atoms with Gasteiger partial charge in [-0.05, 0) is 44.4 Å². The molecule has 1 aliphatic rings. The van der Waals surface area contributed by atoms with Crippen molar-refractivity contribution in [1.82, 2.24) is 4.90 Å². The van der Waals surface area contributed by atoms with Crippen molar-refractivity contribution in [2.24, 2.45) is 0 Å². The number of carboxylic acids is 1. The zero-order chi connectivity index (χ0) is 15.4. The molecule has 1 aromatic carbocycles. The molecule has 1 aliphatic heterocycles. The van der Waals surface area contributed by atoms with Crippen LogP contribution in [0.5, 0.6) is 5.75 Å². The molecule has 1 amide bonds. The van der Waals surface area contributed by atoms with Gasteiger partial charge in [-0.25, -0.2) is 4.79 Å². The first-order valence-corrected chi connectivity index (χ1v) is 7.32. The number of hydrogen-bond acceptors (Lipinski definition) is 3. The van der Waals surface area contributed by atoms with Gasteiger partial charge >= 0.3 is 5.97 Å². The van der Waals surface area contributed by atoms with Crippen molar-refractivity contribution in [3.63, 3.8) is 0 Å². The molecule has 5 nitrogen and oxygen atoms in total. The van der Waals surface area contributed by atoms with Gasteiger partial charge in [0.2, 0.25) is 0 Å². The van der Waals surface area contributed by atoms with Gasteiger partial charge in [-0.1, -0.05) is 11.6 Å². The molecule has 0 spiro atoms. The van der Waals surface area contributed by atoms with Gasteiger partial charge in [-0.3, -0.25) is 4.79 Å². The molecule has 1 atom stereocenters. The molecule has 0 aliphatic carbocycles. The number of carboxylic acid groups (broad SMARTS) is 1.